The van der Waals surface area contributed by atoms with Gasteiger partial charge in [-0.15, -0.1) is 0 Å². The summed E-state index contributed by atoms with van der Waals surface area (Å²) >= 11 is 16.1. The molecule has 3 aromatic carbocycles. The molecular weight excluding hydrogens is 489 g/mol. The van der Waals surface area contributed by atoms with Crippen LogP contribution in [0.25, 0.3) is 0 Å². The molecule has 0 saturated heterocycles. The predicted molar refractivity (Wildman–Crippen MR) is 124 cm³/mol. The first kappa shape index (κ1) is 22.3. The fraction of sp³-hybridized carbons (Fsp3) is 0.130. The zero-order valence-corrected chi connectivity index (χ0v) is 19.2. The molecule has 4 nitrogen and oxygen atoms in total. The fourth-order valence-electron chi connectivity index (χ4n) is 2.86. The molecule has 0 aliphatic rings. The molecule has 0 heterocycles. The van der Waals surface area contributed by atoms with E-state index in [0.29, 0.717) is 39.0 Å². The van der Waals surface area contributed by atoms with Crippen LogP contribution in [0.1, 0.15) is 33.2 Å². The molecule has 30 heavy (non-hydrogen) atoms. The van der Waals surface area contributed by atoms with Crippen molar-refractivity contribution in [3.63, 3.8) is 0 Å². The molecule has 0 saturated carbocycles. The van der Waals surface area contributed by atoms with Gasteiger partial charge in [0, 0.05) is 31.3 Å². The Morgan fingerprint density at radius 2 is 1.47 bits per heavy atom. The minimum Gasteiger partial charge on any atom is -0.462 e. The molecule has 0 bridgehead atoms. The van der Waals surface area contributed by atoms with Gasteiger partial charge in [0.1, 0.15) is 0 Å². The Morgan fingerprint density at radius 3 is 2.03 bits per heavy atom. The van der Waals surface area contributed by atoms with Gasteiger partial charge in [0.05, 0.1) is 18.7 Å². The summed E-state index contributed by atoms with van der Waals surface area (Å²) in [6, 6.07) is 19.0. The Kier molecular flexibility index (Phi) is 7.53. The van der Waals surface area contributed by atoms with Crippen LogP contribution in [0.4, 0.5) is 5.69 Å². The van der Waals surface area contributed by atoms with E-state index in [9.17, 15) is 9.59 Å². The smallest absolute Gasteiger partial charge is 0.338 e. The van der Waals surface area contributed by atoms with E-state index in [2.05, 4.69) is 15.9 Å². The number of rotatable bonds is 6. The van der Waals surface area contributed by atoms with E-state index in [1.807, 2.05) is 0 Å². The van der Waals surface area contributed by atoms with Gasteiger partial charge >= 0.3 is 5.97 Å². The third kappa shape index (κ3) is 5.22. The number of benzene rings is 3. The number of esters is 1. The highest BCUT2D eigenvalue weighted by atomic mass is 79.9. The molecule has 0 aliphatic carbocycles. The molecule has 1 amide bonds. The summed E-state index contributed by atoms with van der Waals surface area (Å²) in [6.45, 7) is 2.21. The SMILES string of the molecule is CCOC(=O)c1ccc(N(Cc2c(Cl)cccc2Cl)C(=O)c2ccc(Br)cc2)cc1. The summed E-state index contributed by atoms with van der Waals surface area (Å²) in [7, 11) is 0. The van der Waals surface area contributed by atoms with Crippen molar-refractivity contribution in [2.75, 3.05) is 11.5 Å². The quantitative estimate of drug-likeness (QED) is 0.346. The first-order valence-electron chi connectivity index (χ1n) is 9.18. The number of hydrogen-bond acceptors (Lipinski definition) is 3. The van der Waals surface area contributed by atoms with Crippen LogP contribution in [0.15, 0.2) is 71.2 Å². The molecule has 0 fully saturated rings. The Morgan fingerprint density at radius 1 is 0.900 bits per heavy atom. The monoisotopic (exact) mass is 505 g/mol. The van der Waals surface area contributed by atoms with Crippen molar-refractivity contribution in [3.05, 3.63) is 97.9 Å². The van der Waals surface area contributed by atoms with E-state index in [4.69, 9.17) is 27.9 Å². The summed E-state index contributed by atoms with van der Waals surface area (Å²) in [5.74, 6) is -0.633. The van der Waals surface area contributed by atoms with Crippen molar-refractivity contribution in [2.24, 2.45) is 0 Å². The van der Waals surface area contributed by atoms with Gasteiger partial charge in [-0.05, 0) is 67.6 Å². The van der Waals surface area contributed by atoms with Gasteiger partial charge in [-0.2, -0.15) is 0 Å². The molecule has 0 radical (unpaired) electrons. The van der Waals surface area contributed by atoms with Gasteiger partial charge in [-0.3, -0.25) is 4.79 Å². The minimum absolute atomic E-state index is 0.173. The second-order valence-electron chi connectivity index (χ2n) is 6.37. The number of carbonyl (C=O) groups excluding carboxylic acids is 2. The zero-order valence-electron chi connectivity index (χ0n) is 16.1. The molecule has 3 aromatic rings. The number of ether oxygens (including phenoxy) is 1. The predicted octanol–water partition coefficient (Wildman–Crippen LogP) is 6.78. The standard InChI is InChI=1S/C23H18BrCl2NO3/c1-2-30-23(29)16-8-12-18(13-9-16)27(14-19-20(25)4-3-5-21(19)26)22(28)15-6-10-17(24)11-7-15/h3-13H,2,14H2,1H3. The zero-order chi connectivity index (χ0) is 21.7. The van der Waals surface area contributed by atoms with Crippen molar-refractivity contribution in [2.45, 2.75) is 13.5 Å². The maximum atomic E-state index is 13.3. The van der Waals surface area contributed by atoms with Crippen LogP contribution >= 0.6 is 39.1 Å². The highest BCUT2D eigenvalue weighted by molar-refractivity contribution is 9.10. The molecule has 0 atom stereocenters. The van der Waals surface area contributed by atoms with Crippen LogP contribution in [0.5, 0.6) is 0 Å². The first-order valence-corrected chi connectivity index (χ1v) is 10.7. The molecular formula is C23H18BrCl2NO3. The van der Waals surface area contributed by atoms with Gasteiger partial charge in [-0.1, -0.05) is 45.2 Å². The molecule has 0 aliphatic heterocycles. The highest BCUT2D eigenvalue weighted by Gasteiger charge is 2.21. The van der Waals surface area contributed by atoms with E-state index >= 15 is 0 Å². The molecule has 0 unspecified atom stereocenters. The second kappa shape index (κ2) is 10.1. The molecule has 154 valence electrons. The largest absolute Gasteiger partial charge is 0.462 e. The molecule has 0 spiro atoms. The van der Waals surface area contributed by atoms with Gasteiger partial charge in [0.2, 0.25) is 0 Å². The Balaban J connectivity index is 1.99. The average Bonchev–Trinajstić information content (AvgIpc) is 2.74. The fourth-order valence-corrected chi connectivity index (χ4v) is 3.64. The lowest BCUT2D eigenvalue weighted by Crippen LogP contribution is -2.30. The van der Waals surface area contributed by atoms with Gasteiger partial charge in [-0.25, -0.2) is 4.79 Å². The van der Waals surface area contributed by atoms with Crippen molar-refractivity contribution < 1.29 is 14.3 Å². The third-order valence-corrected chi connectivity index (χ3v) is 5.64. The van der Waals surface area contributed by atoms with Crippen LogP contribution in [-0.2, 0) is 11.3 Å². The lowest BCUT2D eigenvalue weighted by atomic mass is 10.1. The molecule has 0 aromatic heterocycles. The van der Waals surface area contributed by atoms with Crippen molar-refractivity contribution in [1.82, 2.24) is 0 Å². The van der Waals surface area contributed by atoms with E-state index in [1.54, 1.807) is 78.6 Å². The highest BCUT2D eigenvalue weighted by Crippen LogP contribution is 2.29. The summed E-state index contributed by atoms with van der Waals surface area (Å²) < 4.78 is 5.90. The van der Waals surface area contributed by atoms with Crippen molar-refractivity contribution >= 4 is 56.7 Å². The summed E-state index contributed by atoms with van der Waals surface area (Å²) in [4.78, 5) is 26.9. The Hall–Kier alpha value is -2.34. The lowest BCUT2D eigenvalue weighted by molar-refractivity contribution is 0.0526. The number of nitrogens with zero attached hydrogens (tertiary/aromatic N) is 1. The van der Waals surface area contributed by atoms with Crippen LogP contribution in [-0.4, -0.2) is 18.5 Å². The Bertz CT molecular complexity index is 1030. The maximum Gasteiger partial charge on any atom is 0.338 e. The van der Waals surface area contributed by atoms with Gasteiger partial charge < -0.3 is 9.64 Å². The molecule has 7 heteroatoms. The normalized spacial score (nSPS) is 10.5. The molecule has 3 rings (SSSR count). The first-order chi connectivity index (χ1) is 14.4. The number of hydrogen-bond donors (Lipinski definition) is 0. The van der Waals surface area contributed by atoms with Crippen molar-refractivity contribution in [3.8, 4) is 0 Å². The lowest BCUT2D eigenvalue weighted by Gasteiger charge is -2.24. The average molecular weight is 507 g/mol. The Labute approximate surface area is 193 Å². The maximum absolute atomic E-state index is 13.3. The van der Waals surface area contributed by atoms with Crippen LogP contribution in [0.3, 0.4) is 0 Å². The van der Waals surface area contributed by atoms with Gasteiger partial charge in [0.25, 0.3) is 5.91 Å². The number of anilines is 1. The number of carbonyl (C=O) groups is 2. The second-order valence-corrected chi connectivity index (χ2v) is 8.10. The van der Waals surface area contributed by atoms with Crippen LogP contribution in [0.2, 0.25) is 10.0 Å². The van der Waals surface area contributed by atoms with Gasteiger partial charge in [0.15, 0.2) is 0 Å². The van der Waals surface area contributed by atoms with E-state index in [1.165, 1.54) is 0 Å². The summed E-state index contributed by atoms with van der Waals surface area (Å²) in [5, 5.41) is 0.943. The number of amides is 1. The number of halogens is 3. The summed E-state index contributed by atoms with van der Waals surface area (Å²) in [5.41, 5.74) is 2.16. The summed E-state index contributed by atoms with van der Waals surface area (Å²) in [6.07, 6.45) is 0. The van der Waals surface area contributed by atoms with E-state index in [0.717, 1.165) is 4.47 Å². The van der Waals surface area contributed by atoms with E-state index < -0.39 is 5.97 Å². The minimum atomic E-state index is -0.413. The topological polar surface area (TPSA) is 46.6 Å². The van der Waals surface area contributed by atoms with Crippen LogP contribution in [0, 0.1) is 0 Å². The third-order valence-electron chi connectivity index (χ3n) is 4.40. The van der Waals surface area contributed by atoms with E-state index in [-0.39, 0.29) is 12.5 Å². The van der Waals surface area contributed by atoms with Crippen molar-refractivity contribution in [1.29, 1.82) is 0 Å². The van der Waals surface area contributed by atoms with Crippen LogP contribution < -0.4 is 4.90 Å². The molecule has 0 N–H and O–H groups in total.